The summed E-state index contributed by atoms with van der Waals surface area (Å²) in [6, 6.07) is 0.707. The molecule has 0 unspecified atom stereocenters. The van der Waals surface area contributed by atoms with Gasteiger partial charge in [0.15, 0.2) is 11.7 Å². The molecule has 2 aliphatic carbocycles. The van der Waals surface area contributed by atoms with Crippen molar-refractivity contribution in [2.24, 2.45) is 10.8 Å². The third-order valence-corrected chi connectivity index (χ3v) is 8.31. The first-order valence-electron chi connectivity index (χ1n) is 12.0. The summed E-state index contributed by atoms with van der Waals surface area (Å²) in [5.41, 5.74) is 1.62. The second-order valence-corrected chi connectivity index (χ2v) is 11.3. The van der Waals surface area contributed by atoms with Crippen LogP contribution in [0.5, 0.6) is 0 Å². The summed E-state index contributed by atoms with van der Waals surface area (Å²) >= 11 is 0. The van der Waals surface area contributed by atoms with Gasteiger partial charge in [0.1, 0.15) is 12.1 Å². The van der Waals surface area contributed by atoms with Gasteiger partial charge >= 0.3 is 6.03 Å². The number of urea groups is 1. The largest absolute Gasteiger partial charge is 0.444 e. The first-order chi connectivity index (χ1) is 15.4. The van der Waals surface area contributed by atoms with Crippen molar-refractivity contribution in [2.45, 2.75) is 58.0 Å². The lowest BCUT2D eigenvalue weighted by atomic mass is 9.60. The van der Waals surface area contributed by atoms with E-state index in [1.54, 1.807) is 0 Å². The first kappa shape index (κ1) is 19.1. The van der Waals surface area contributed by atoms with Gasteiger partial charge in [0.2, 0.25) is 0 Å². The number of aromatic nitrogens is 4. The van der Waals surface area contributed by atoms with Crippen molar-refractivity contribution in [3.05, 3.63) is 29.5 Å². The average molecular weight is 438 g/mol. The molecule has 0 atom stereocenters. The highest BCUT2D eigenvalue weighted by Gasteiger charge is 2.58. The maximum Gasteiger partial charge on any atom is 0.320 e. The number of likely N-dealkylation sites (tertiary alicyclic amines) is 3. The number of aryl methyl sites for hydroxylation is 2. The Kier molecular flexibility index (Phi) is 3.78. The van der Waals surface area contributed by atoms with Crippen LogP contribution in [-0.4, -0.2) is 79.7 Å². The van der Waals surface area contributed by atoms with Crippen LogP contribution in [0, 0.1) is 24.7 Å². The highest BCUT2D eigenvalue weighted by molar-refractivity contribution is 5.77. The van der Waals surface area contributed by atoms with Crippen molar-refractivity contribution >= 4 is 6.03 Å². The number of amides is 2. The zero-order valence-corrected chi connectivity index (χ0v) is 19.0. The SMILES string of the molecule is Cc1nc(C)c(CN2CC3(C2)CN(C(=O)N2CC4(CC(n5cnc(C6CC6)n5)C4)C2)C3)o1. The minimum absolute atomic E-state index is 0.238. The van der Waals surface area contributed by atoms with Gasteiger partial charge in [0.05, 0.1) is 18.3 Å². The third kappa shape index (κ3) is 2.93. The van der Waals surface area contributed by atoms with Crippen molar-refractivity contribution in [3.8, 4) is 0 Å². The van der Waals surface area contributed by atoms with Crippen molar-refractivity contribution in [3.63, 3.8) is 0 Å². The van der Waals surface area contributed by atoms with Crippen LogP contribution in [0.25, 0.3) is 0 Å². The Bertz CT molecular complexity index is 1060. The molecule has 0 bridgehead atoms. The lowest BCUT2D eigenvalue weighted by Crippen LogP contribution is -2.75. The summed E-state index contributed by atoms with van der Waals surface area (Å²) in [4.78, 5) is 28.3. The summed E-state index contributed by atoms with van der Waals surface area (Å²) in [6.07, 6.45) is 6.66. The predicted molar refractivity (Wildman–Crippen MR) is 115 cm³/mol. The Morgan fingerprint density at radius 2 is 1.75 bits per heavy atom. The highest BCUT2D eigenvalue weighted by atomic mass is 16.4. The number of hydrogen-bond acceptors (Lipinski definition) is 6. The van der Waals surface area contributed by atoms with Crippen LogP contribution in [0.2, 0.25) is 0 Å². The fourth-order valence-corrected chi connectivity index (χ4v) is 6.51. The molecule has 5 aliphatic rings. The van der Waals surface area contributed by atoms with E-state index in [0.717, 1.165) is 81.8 Å². The molecule has 2 amide bonds. The molecule has 3 saturated heterocycles. The van der Waals surface area contributed by atoms with Crippen molar-refractivity contribution in [1.29, 1.82) is 0 Å². The number of carbonyl (C=O) groups is 1. The minimum Gasteiger partial charge on any atom is -0.444 e. The van der Waals surface area contributed by atoms with Gasteiger partial charge in [-0.3, -0.25) is 4.90 Å². The second kappa shape index (κ2) is 6.34. The Hall–Kier alpha value is -2.42. The van der Waals surface area contributed by atoms with Crippen molar-refractivity contribution < 1.29 is 9.21 Å². The fraction of sp³-hybridized carbons (Fsp3) is 0.739. The lowest BCUT2D eigenvalue weighted by Gasteiger charge is -2.63. The molecule has 0 N–H and O–H groups in total. The van der Waals surface area contributed by atoms with E-state index < -0.39 is 0 Å². The van der Waals surface area contributed by atoms with E-state index in [-0.39, 0.29) is 6.03 Å². The maximum atomic E-state index is 12.9. The van der Waals surface area contributed by atoms with E-state index in [4.69, 9.17) is 9.52 Å². The van der Waals surface area contributed by atoms with Crippen LogP contribution in [0.4, 0.5) is 4.79 Å². The molecule has 32 heavy (non-hydrogen) atoms. The maximum absolute atomic E-state index is 12.9. The van der Waals surface area contributed by atoms with Crippen LogP contribution < -0.4 is 0 Å². The quantitative estimate of drug-likeness (QED) is 0.730. The molecule has 170 valence electrons. The van der Waals surface area contributed by atoms with E-state index in [9.17, 15) is 4.79 Å². The number of oxazole rings is 1. The molecular weight excluding hydrogens is 406 g/mol. The molecule has 3 aliphatic heterocycles. The van der Waals surface area contributed by atoms with Gasteiger partial charge in [-0.05, 0) is 32.6 Å². The molecule has 0 radical (unpaired) electrons. The number of carbonyl (C=O) groups excluding carboxylic acids is 1. The van der Waals surface area contributed by atoms with Gasteiger partial charge in [-0.1, -0.05) is 0 Å². The predicted octanol–water partition coefficient (Wildman–Crippen LogP) is 2.34. The molecule has 5 fully saturated rings. The van der Waals surface area contributed by atoms with Gasteiger partial charge in [0, 0.05) is 62.9 Å². The van der Waals surface area contributed by atoms with E-state index in [2.05, 4.69) is 24.4 Å². The Morgan fingerprint density at radius 3 is 2.38 bits per heavy atom. The van der Waals surface area contributed by atoms with E-state index >= 15 is 0 Å². The van der Waals surface area contributed by atoms with Crippen LogP contribution in [-0.2, 0) is 6.54 Å². The molecule has 5 heterocycles. The zero-order chi connectivity index (χ0) is 21.7. The molecule has 9 heteroatoms. The van der Waals surface area contributed by atoms with Gasteiger partial charge in [0.25, 0.3) is 0 Å². The summed E-state index contributed by atoms with van der Waals surface area (Å²) in [6.45, 7) is 10.4. The standard InChI is InChI=1S/C23H31N7O2/c1-15-19(32-16(2)25-15)7-27-8-23(9-27)12-29(13-23)21(31)28-10-22(11-28)5-18(6-22)30-14-24-20(26-30)17-3-4-17/h14,17-18H,3-13H2,1-2H3. The van der Waals surface area contributed by atoms with E-state index in [0.29, 0.717) is 22.8 Å². The Labute approximate surface area is 187 Å². The number of nitrogens with zero attached hydrogens (tertiary/aromatic N) is 7. The smallest absolute Gasteiger partial charge is 0.320 e. The highest BCUT2D eigenvalue weighted by Crippen LogP contribution is 2.54. The number of hydrogen-bond donors (Lipinski definition) is 0. The number of rotatable bonds is 4. The summed E-state index contributed by atoms with van der Waals surface area (Å²) in [7, 11) is 0. The normalized spacial score (nSPS) is 26.1. The molecule has 9 nitrogen and oxygen atoms in total. The monoisotopic (exact) mass is 437 g/mol. The Morgan fingerprint density at radius 1 is 1.06 bits per heavy atom. The average Bonchev–Trinajstić information content (AvgIpc) is 3.28. The molecule has 2 spiro atoms. The third-order valence-electron chi connectivity index (χ3n) is 8.31. The lowest BCUT2D eigenvalue weighted by molar-refractivity contribution is -0.121. The van der Waals surface area contributed by atoms with Gasteiger partial charge < -0.3 is 14.2 Å². The molecule has 0 aromatic carbocycles. The molecule has 7 rings (SSSR count). The van der Waals surface area contributed by atoms with Crippen LogP contribution in [0.15, 0.2) is 10.7 Å². The van der Waals surface area contributed by atoms with Crippen LogP contribution in [0.3, 0.4) is 0 Å². The van der Waals surface area contributed by atoms with E-state index in [1.165, 1.54) is 12.8 Å². The molecule has 2 aromatic heterocycles. The van der Waals surface area contributed by atoms with Gasteiger partial charge in [-0.25, -0.2) is 19.4 Å². The van der Waals surface area contributed by atoms with Gasteiger partial charge in [-0.15, -0.1) is 0 Å². The summed E-state index contributed by atoms with van der Waals surface area (Å²) < 4.78 is 7.78. The minimum atomic E-state index is 0.238. The summed E-state index contributed by atoms with van der Waals surface area (Å²) in [5, 5.41) is 4.70. The van der Waals surface area contributed by atoms with E-state index in [1.807, 2.05) is 25.1 Å². The first-order valence-corrected chi connectivity index (χ1v) is 12.0. The molecule has 2 saturated carbocycles. The van der Waals surface area contributed by atoms with Crippen molar-refractivity contribution in [2.75, 3.05) is 39.3 Å². The van der Waals surface area contributed by atoms with Crippen LogP contribution in [0.1, 0.15) is 60.8 Å². The second-order valence-electron chi connectivity index (χ2n) is 11.3. The molecular formula is C23H31N7O2. The fourth-order valence-electron chi connectivity index (χ4n) is 6.51. The summed E-state index contributed by atoms with van der Waals surface area (Å²) in [5.74, 6) is 3.36. The van der Waals surface area contributed by atoms with Crippen molar-refractivity contribution in [1.82, 2.24) is 34.4 Å². The Balaban J connectivity index is 0.858. The van der Waals surface area contributed by atoms with Gasteiger partial charge in [-0.2, -0.15) is 5.10 Å². The topological polar surface area (TPSA) is 83.5 Å². The molecule has 2 aromatic rings. The zero-order valence-electron chi connectivity index (χ0n) is 19.0. The van der Waals surface area contributed by atoms with Crippen LogP contribution >= 0.6 is 0 Å².